The van der Waals surface area contributed by atoms with Crippen LogP contribution in [0.1, 0.15) is 63.4 Å². The van der Waals surface area contributed by atoms with Gasteiger partial charge in [-0.25, -0.2) is 57.4 Å². The largest absolute Gasteiger partial charge is 0.451 e. The molecule has 25 nitrogen and oxygen atoms in total. The normalized spacial score (nSPS) is 23.1. The van der Waals surface area contributed by atoms with Crippen LogP contribution in [0.5, 0.6) is 0 Å². The molecule has 0 radical (unpaired) electrons. The summed E-state index contributed by atoms with van der Waals surface area (Å²) in [7, 11) is 1.91. The van der Waals surface area contributed by atoms with Crippen LogP contribution in [0.15, 0.2) is 140 Å². The van der Waals surface area contributed by atoms with Crippen LogP contribution < -0.4 is 37.6 Å². The van der Waals surface area contributed by atoms with E-state index in [4.69, 9.17) is 42.9 Å². The van der Waals surface area contributed by atoms with Crippen LogP contribution in [-0.2, 0) is 29.5 Å². The van der Waals surface area contributed by atoms with E-state index in [1.807, 2.05) is 61.2 Å². The van der Waals surface area contributed by atoms with Crippen molar-refractivity contribution in [3.8, 4) is 33.8 Å². The minimum absolute atomic E-state index is 0.182. The number of amides is 1. The average molecular weight is 1510 g/mol. The maximum atomic E-state index is 14.7. The van der Waals surface area contributed by atoms with Gasteiger partial charge in [-0.1, -0.05) is 48.5 Å². The second-order valence-corrected chi connectivity index (χ2v) is 29.9. The molecule has 6 fully saturated rings. The summed E-state index contributed by atoms with van der Waals surface area (Å²) in [6.45, 7) is 9.58. The van der Waals surface area contributed by atoms with Gasteiger partial charge in [-0.3, -0.25) is 29.8 Å². The van der Waals surface area contributed by atoms with Crippen molar-refractivity contribution in [1.29, 1.82) is 0 Å². The lowest BCUT2D eigenvalue weighted by molar-refractivity contribution is -0.144. The molecule has 32 heteroatoms. The van der Waals surface area contributed by atoms with Gasteiger partial charge in [-0.2, -0.15) is 33.6 Å². The van der Waals surface area contributed by atoms with Gasteiger partial charge in [0, 0.05) is 134 Å². The fourth-order valence-corrected chi connectivity index (χ4v) is 18.8. The fraction of sp³-hybridized carbons (Fsp3) is 0.316. The maximum absolute atomic E-state index is 14.7. The minimum atomic E-state index is -4.61. The SMILES string of the molecule is Cc1c(-c2n[nH]c3nc(N4CC[C@@H]5[C@H](C4)[C@@]5(CN)c4cc(F)cc(F)c4)cnc23)ccc2nn(C)cc12.Cc1cc(C(N)=O)ncc1-c1n[nH]c2nc(N3CC[C@@H]4[C@H](C3)[C@@]4(CN)c3ccccc3F)cnc12.NC[C@]1(c2ccccc2F)[C@@H]2CCN(c3cnc4c(-c5ccc6nc(C(F)(F)F)ncc6c5)n[nH]c4n3)C[C@@H]21. The smallest absolute Gasteiger partial charge is 0.364 e. The Balaban J connectivity index is 0.000000117. The molecule has 0 bridgehead atoms. The van der Waals surface area contributed by atoms with Crippen molar-refractivity contribution in [3.63, 3.8) is 0 Å². The number of nitrogens with zero attached hydrogens (tertiary/aromatic N) is 17. The highest BCUT2D eigenvalue weighted by Gasteiger charge is 2.68. The number of nitrogens with one attached hydrogen (secondary N) is 3. The molecule has 14 aromatic rings. The van der Waals surface area contributed by atoms with E-state index < -0.39 is 35.0 Å². The molecule has 1 amide bonds. The number of piperidine rings is 3. The third-order valence-electron chi connectivity index (χ3n) is 24.4. The standard InChI is InChI=1S/C27H22F4N8.C27H26F2N8.C25H25FN8O/c28-19-4-2-1-3-17(19)26(13-32)16-7-8-39(12-18(16)26)21-11-33-23-22(37-38-24(23)36-21)14-5-6-20-15(9-14)10-34-25(35-20)27(29,30)31;1-14-18(3-4-22-19(14)11-36(2)35-22)24-25-26(34-33-24)32-23(10-31-25)37-6-5-20-21(12-37)27(20,13-30)15-7-16(28)9-17(29)8-15;1-13-8-19(23(28)35)29-9-14(13)21-22-24(33-32-21)31-20(10-30-22)34-7-6-15-17(11-34)25(15,12-27)16-4-2-3-5-18(16)26/h1-6,9-11,16,18H,7-8,12-13,32H2,(H,36,37,38);3-4,7-11,20-21H,5-6,12-13,30H2,1-2H3,(H,32,33,34);2-5,8-10,15,17H,6-7,11-12,27H2,1H3,(H2,28,35)(H,31,32,33)/t16-,18+,26-;20-,21+,27+;15-,17+,25-/m111/s1. The molecule has 111 heavy (non-hydrogen) atoms. The van der Waals surface area contributed by atoms with Crippen LogP contribution in [0, 0.1) is 72.6 Å². The quantitative estimate of drug-likeness (QED) is 0.0527. The van der Waals surface area contributed by atoms with Crippen LogP contribution >= 0.6 is 0 Å². The predicted molar refractivity (Wildman–Crippen MR) is 402 cm³/mol. The summed E-state index contributed by atoms with van der Waals surface area (Å²) in [6, 6.07) is 28.1. The van der Waals surface area contributed by atoms with Crippen LogP contribution in [0.25, 0.3) is 89.1 Å². The van der Waals surface area contributed by atoms with E-state index in [0.29, 0.717) is 123 Å². The van der Waals surface area contributed by atoms with Crippen molar-refractivity contribution in [1.82, 2.24) is 85.2 Å². The van der Waals surface area contributed by atoms with Gasteiger partial charge >= 0.3 is 6.18 Å². The molecule has 564 valence electrons. The number of halogens is 7. The summed E-state index contributed by atoms with van der Waals surface area (Å²) in [5.41, 5.74) is 36.0. The van der Waals surface area contributed by atoms with Crippen LogP contribution in [0.2, 0.25) is 0 Å². The highest BCUT2D eigenvalue weighted by atomic mass is 19.4. The number of nitrogens with two attached hydrogens (primary N) is 4. The van der Waals surface area contributed by atoms with Crippen LogP contribution in [-0.4, -0.2) is 150 Å². The van der Waals surface area contributed by atoms with Gasteiger partial charge in [-0.05, 0) is 145 Å². The van der Waals surface area contributed by atoms with Gasteiger partial charge in [-0.15, -0.1) is 0 Å². The van der Waals surface area contributed by atoms with E-state index in [9.17, 15) is 35.5 Å². The lowest BCUT2D eigenvalue weighted by Gasteiger charge is -2.26. The number of carbonyl (C=O) groups is 1. The zero-order valence-corrected chi connectivity index (χ0v) is 60.2. The Hall–Kier alpha value is -12.0. The third-order valence-corrected chi connectivity index (χ3v) is 24.4. The number of hydrogen-bond acceptors (Lipinski definition) is 20. The molecule has 3 aliphatic heterocycles. The molecule has 3 saturated carbocycles. The number of aromatic amines is 3. The van der Waals surface area contributed by atoms with Gasteiger partial charge in [0.2, 0.25) is 5.82 Å². The number of fused-ring (bicyclic) bond motifs is 8. The number of carbonyl (C=O) groups excluding carboxylic acids is 1. The van der Waals surface area contributed by atoms with Crippen LogP contribution in [0.3, 0.4) is 0 Å². The van der Waals surface area contributed by atoms with Crippen LogP contribution in [0.4, 0.5) is 48.2 Å². The first-order valence-corrected chi connectivity index (χ1v) is 36.6. The van der Waals surface area contributed by atoms with Gasteiger partial charge < -0.3 is 37.6 Å². The average Bonchev–Trinajstić information content (AvgIpc) is 1.54. The Labute approximate surface area is 627 Å². The highest BCUT2D eigenvalue weighted by Crippen LogP contribution is 2.66. The summed E-state index contributed by atoms with van der Waals surface area (Å²) in [5.74, 6) is 0.607. The first-order valence-electron chi connectivity index (χ1n) is 36.6. The molecule has 12 heterocycles. The van der Waals surface area contributed by atoms with Crippen molar-refractivity contribution >= 4 is 78.7 Å². The Morgan fingerprint density at radius 1 is 0.532 bits per heavy atom. The number of aryl methyl sites for hydroxylation is 3. The summed E-state index contributed by atoms with van der Waals surface area (Å²) in [6.07, 6.45) is 8.01. The van der Waals surface area contributed by atoms with Crippen molar-refractivity contribution in [2.24, 2.45) is 65.5 Å². The van der Waals surface area contributed by atoms with Crippen molar-refractivity contribution in [3.05, 3.63) is 203 Å². The first-order chi connectivity index (χ1) is 53.6. The number of anilines is 3. The minimum Gasteiger partial charge on any atom is -0.364 e. The monoisotopic (exact) mass is 1510 g/mol. The molecule has 6 aliphatic rings. The van der Waals surface area contributed by atoms with Crippen molar-refractivity contribution in [2.75, 3.05) is 73.6 Å². The van der Waals surface area contributed by atoms with E-state index in [1.165, 1.54) is 30.3 Å². The number of rotatable bonds is 13. The molecule has 9 aromatic heterocycles. The first kappa shape index (κ1) is 70.6. The van der Waals surface area contributed by atoms with Gasteiger partial charge in [0.15, 0.2) is 16.9 Å². The summed E-state index contributed by atoms with van der Waals surface area (Å²) in [4.78, 5) is 57.6. The number of benzene rings is 5. The number of primary amides is 1. The molecular formula is C79H73F7N24O. The molecule has 0 spiro atoms. The zero-order valence-electron chi connectivity index (χ0n) is 60.2. The molecular weight excluding hydrogens is 1430 g/mol. The number of hydrogen-bond donors (Lipinski definition) is 7. The fourth-order valence-electron chi connectivity index (χ4n) is 18.8. The molecule has 0 unspecified atom stereocenters. The van der Waals surface area contributed by atoms with E-state index in [-0.39, 0.29) is 51.4 Å². The summed E-state index contributed by atoms with van der Waals surface area (Å²) >= 11 is 0. The number of aromatic nitrogens is 17. The summed E-state index contributed by atoms with van der Waals surface area (Å²) in [5, 5.41) is 28.3. The molecule has 3 saturated heterocycles. The second kappa shape index (κ2) is 26.6. The van der Waals surface area contributed by atoms with E-state index in [1.54, 1.807) is 55.1 Å². The molecule has 5 aromatic carbocycles. The highest BCUT2D eigenvalue weighted by molar-refractivity contribution is 5.96. The van der Waals surface area contributed by atoms with Gasteiger partial charge in [0.1, 0.15) is 80.0 Å². The Morgan fingerprint density at radius 3 is 1.52 bits per heavy atom. The molecule has 20 rings (SSSR count). The topological polar surface area (TPSA) is 351 Å². The lowest BCUT2D eigenvalue weighted by atomic mass is 9.91. The molecule has 9 atom stereocenters. The van der Waals surface area contributed by atoms with Gasteiger partial charge in [0.25, 0.3) is 5.91 Å². The summed E-state index contributed by atoms with van der Waals surface area (Å²) < 4.78 is 98.0. The Bertz CT molecular complexity index is 6030. The van der Waals surface area contributed by atoms with E-state index in [2.05, 4.69) is 82.2 Å². The number of alkyl halides is 3. The van der Waals surface area contributed by atoms with Crippen molar-refractivity contribution < 1.29 is 35.5 Å². The predicted octanol–water partition coefficient (Wildman–Crippen LogP) is 10.6. The van der Waals surface area contributed by atoms with Gasteiger partial charge in [0.05, 0.1) is 29.6 Å². The number of pyridine rings is 1. The van der Waals surface area contributed by atoms with E-state index >= 15 is 0 Å². The Morgan fingerprint density at radius 2 is 1.02 bits per heavy atom. The van der Waals surface area contributed by atoms with Crippen molar-refractivity contribution in [2.45, 2.75) is 55.5 Å². The third kappa shape index (κ3) is 11.7. The number of H-pyrrole nitrogens is 3. The lowest BCUT2D eigenvalue weighted by Crippen LogP contribution is -2.32. The molecule has 3 aliphatic carbocycles. The maximum Gasteiger partial charge on any atom is 0.451 e. The van der Waals surface area contributed by atoms with E-state index in [0.717, 1.165) is 114 Å². The second-order valence-electron chi connectivity index (χ2n) is 29.9. The Kier molecular flexibility index (Phi) is 16.9. The zero-order chi connectivity index (χ0) is 76.7. The molecule has 11 N–H and O–H groups in total.